The molecular weight excluding hydrogens is 180 g/mol. The first-order valence-corrected chi connectivity index (χ1v) is 4.50. The molecule has 0 N–H and O–H groups in total. The van der Waals surface area contributed by atoms with Gasteiger partial charge in [-0.1, -0.05) is 19.0 Å². The van der Waals surface area contributed by atoms with Crippen LogP contribution >= 0.6 is 0 Å². The average Bonchev–Trinajstić information content (AvgIpc) is 2.70. The topological polar surface area (TPSA) is 56.7 Å². The summed E-state index contributed by atoms with van der Waals surface area (Å²) in [6.45, 7) is 4.02. The van der Waals surface area contributed by atoms with Crippen molar-refractivity contribution < 1.29 is 4.52 Å². The summed E-state index contributed by atoms with van der Waals surface area (Å²) in [6, 6.07) is 1.86. The Balaban J connectivity index is 2.33. The Morgan fingerprint density at radius 3 is 2.71 bits per heavy atom. The lowest BCUT2D eigenvalue weighted by Crippen LogP contribution is -1.90. The van der Waals surface area contributed by atoms with Gasteiger partial charge in [0.05, 0.1) is 0 Å². The third kappa shape index (κ3) is 1.53. The zero-order valence-corrected chi connectivity index (χ0v) is 8.43. The molecule has 0 aliphatic heterocycles. The van der Waals surface area contributed by atoms with Crippen molar-refractivity contribution in [2.75, 3.05) is 0 Å². The molecule has 2 aromatic heterocycles. The number of aryl methyl sites for hydroxylation is 1. The fourth-order valence-electron chi connectivity index (χ4n) is 1.11. The van der Waals surface area contributed by atoms with Crippen LogP contribution in [0.1, 0.15) is 25.7 Å². The molecule has 5 nitrogen and oxygen atoms in total. The Kier molecular flexibility index (Phi) is 2.07. The monoisotopic (exact) mass is 192 g/mol. The first-order valence-electron chi connectivity index (χ1n) is 4.50. The number of rotatable bonds is 2. The molecule has 0 aliphatic carbocycles. The van der Waals surface area contributed by atoms with Crippen LogP contribution in [0.15, 0.2) is 16.8 Å². The zero-order chi connectivity index (χ0) is 10.1. The number of aromatic nitrogens is 4. The Labute approximate surface area is 81.7 Å². The molecule has 0 amide bonds. The van der Waals surface area contributed by atoms with Gasteiger partial charge in [0.2, 0.25) is 11.7 Å². The molecule has 0 atom stereocenters. The second kappa shape index (κ2) is 3.25. The first kappa shape index (κ1) is 8.93. The van der Waals surface area contributed by atoms with Crippen molar-refractivity contribution >= 4 is 0 Å². The van der Waals surface area contributed by atoms with E-state index < -0.39 is 0 Å². The highest BCUT2D eigenvalue weighted by Gasteiger charge is 2.12. The Hall–Kier alpha value is -1.65. The van der Waals surface area contributed by atoms with E-state index in [1.165, 1.54) is 0 Å². The summed E-state index contributed by atoms with van der Waals surface area (Å²) in [5, 5.41) is 8.04. The minimum atomic E-state index is 0.250. The van der Waals surface area contributed by atoms with E-state index in [4.69, 9.17) is 4.52 Å². The van der Waals surface area contributed by atoms with E-state index in [2.05, 4.69) is 15.2 Å². The van der Waals surface area contributed by atoms with Crippen LogP contribution in [0.3, 0.4) is 0 Å². The molecule has 0 aromatic carbocycles. The molecule has 2 heterocycles. The minimum Gasteiger partial charge on any atom is -0.339 e. The fraction of sp³-hybridized carbons (Fsp3) is 0.444. The summed E-state index contributed by atoms with van der Waals surface area (Å²) >= 11 is 0. The van der Waals surface area contributed by atoms with Crippen LogP contribution in [0, 0.1) is 0 Å². The van der Waals surface area contributed by atoms with Gasteiger partial charge in [-0.3, -0.25) is 4.68 Å². The summed E-state index contributed by atoms with van der Waals surface area (Å²) in [6.07, 6.45) is 1.85. The van der Waals surface area contributed by atoms with Gasteiger partial charge >= 0.3 is 0 Å². The van der Waals surface area contributed by atoms with Crippen molar-refractivity contribution in [3.05, 3.63) is 18.2 Å². The molecule has 74 valence electrons. The van der Waals surface area contributed by atoms with Crippen LogP contribution in [-0.4, -0.2) is 19.9 Å². The summed E-state index contributed by atoms with van der Waals surface area (Å²) in [7, 11) is 1.85. The van der Waals surface area contributed by atoms with E-state index in [1.54, 1.807) is 4.68 Å². The van der Waals surface area contributed by atoms with E-state index >= 15 is 0 Å². The molecular formula is C9H12N4O. The van der Waals surface area contributed by atoms with Gasteiger partial charge in [-0.2, -0.15) is 10.1 Å². The molecule has 2 aromatic rings. The number of hydrogen-bond donors (Lipinski definition) is 0. The Bertz CT molecular complexity index is 429. The zero-order valence-electron chi connectivity index (χ0n) is 8.43. The second-order valence-electron chi connectivity index (χ2n) is 3.49. The van der Waals surface area contributed by atoms with Crippen LogP contribution in [-0.2, 0) is 7.05 Å². The highest BCUT2D eigenvalue weighted by molar-refractivity contribution is 5.46. The average molecular weight is 192 g/mol. The van der Waals surface area contributed by atoms with Crippen molar-refractivity contribution in [2.45, 2.75) is 19.8 Å². The van der Waals surface area contributed by atoms with E-state index in [0.29, 0.717) is 11.7 Å². The maximum Gasteiger partial charge on any atom is 0.229 e. The summed E-state index contributed by atoms with van der Waals surface area (Å²) < 4.78 is 6.79. The van der Waals surface area contributed by atoms with Crippen molar-refractivity contribution in [3.8, 4) is 11.5 Å². The summed E-state index contributed by atoms with van der Waals surface area (Å²) in [5.41, 5.74) is 0.739. The van der Waals surface area contributed by atoms with Crippen molar-refractivity contribution in [3.63, 3.8) is 0 Å². The molecule has 2 rings (SSSR count). The smallest absolute Gasteiger partial charge is 0.229 e. The maximum absolute atomic E-state index is 5.08. The van der Waals surface area contributed by atoms with E-state index in [0.717, 1.165) is 5.69 Å². The van der Waals surface area contributed by atoms with Gasteiger partial charge in [0.1, 0.15) is 5.69 Å². The highest BCUT2D eigenvalue weighted by Crippen LogP contribution is 2.17. The predicted octanol–water partition coefficient (Wildman–Crippen LogP) is 1.59. The van der Waals surface area contributed by atoms with Crippen LogP contribution in [0.2, 0.25) is 0 Å². The third-order valence-corrected chi connectivity index (χ3v) is 1.88. The van der Waals surface area contributed by atoms with Gasteiger partial charge in [0, 0.05) is 19.2 Å². The number of hydrogen-bond acceptors (Lipinski definition) is 4. The molecule has 0 radical (unpaired) electrons. The Morgan fingerprint density at radius 2 is 2.21 bits per heavy atom. The van der Waals surface area contributed by atoms with Gasteiger partial charge in [-0.05, 0) is 6.07 Å². The minimum absolute atomic E-state index is 0.250. The van der Waals surface area contributed by atoms with Gasteiger partial charge in [0.25, 0.3) is 0 Å². The first-order chi connectivity index (χ1) is 6.66. The summed E-state index contributed by atoms with van der Waals surface area (Å²) in [4.78, 5) is 4.24. The lowest BCUT2D eigenvalue weighted by molar-refractivity contribution is 0.365. The van der Waals surface area contributed by atoms with Crippen molar-refractivity contribution in [1.82, 2.24) is 19.9 Å². The van der Waals surface area contributed by atoms with Gasteiger partial charge < -0.3 is 4.52 Å². The van der Waals surface area contributed by atoms with Crippen LogP contribution in [0.5, 0.6) is 0 Å². The molecule has 0 unspecified atom stereocenters. The standard InChI is InChI=1S/C9H12N4O/c1-6(2)9-10-8(12-14-9)7-4-5-13(3)11-7/h4-6H,1-3H3. The second-order valence-corrected chi connectivity index (χ2v) is 3.49. The molecule has 0 saturated carbocycles. The molecule has 0 fully saturated rings. The van der Waals surface area contributed by atoms with Gasteiger partial charge in [0.15, 0.2) is 0 Å². The predicted molar refractivity (Wildman–Crippen MR) is 50.6 cm³/mol. The quantitative estimate of drug-likeness (QED) is 0.725. The van der Waals surface area contributed by atoms with Crippen LogP contribution in [0.25, 0.3) is 11.5 Å². The number of nitrogens with zero attached hydrogens (tertiary/aromatic N) is 4. The molecule has 0 aliphatic rings. The van der Waals surface area contributed by atoms with E-state index in [9.17, 15) is 0 Å². The van der Waals surface area contributed by atoms with Crippen molar-refractivity contribution in [1.29, 1.82) is 0 Å². The largest absolute Gasteiger partial charge is 0.339 e. The van der Waals surface area contributed by atoms with Gasteiger partial charge in [-0.25, -0.2) is 0 Å². The van der Waals surface area contributed by atoms with E-state index in [-0.39, 0.29) is 5.92 Å². The molecule has 5 heteroatoms. The molecule has 14 heavy (non-hydrogen) atoms. The lowest BCUT2D eigenvalue weighted by Gasteiger charge is -1.91. The Morgan fingerprint density at radius 1 is 1.43 bits per heavy atom. The molecule has 0 bridgehead atoms. The van der Waals surface area contributed by atoms with Gasteiger partial charge in [-0.15, -0.1) is 0 Å². The third-order valence-electron chi connectivity index (χ3n) is 1.88. The maximum atomic E-state index is 5.08. The van der Waals surface area contributed by atoms with E-state index in [1.807, 2.05) is 33.2 Å². The summed E-state index contributed by atoms with van der Waals surface area (Å²) in [5.74, 6) is 1.44. The normalized spacial score (nSPS) is 11.1. The lowest BCUT2D eigenvalue weighted by atomic mass is 10.2. The van der Waals surface area contributed by atoms with Crippen LogP contribution < -0.4 is 0 Å². The van der Waals surface area contributed by atoms with Crippen LogP contribution in [0.4, 0.5) is 0 Å². The SMILES string of the molecule is CC(C)c1nc(-c2ccn(C)n2)no1. The fourth-order valence-corrected chi connectivity index (χ4v) is 1.11. The molecule has 0 saturated heterocycles. The highest BCUT2D eigenvalue weighted by atomic mass is 16.5. The van der Waals surface area contributed by atoms with Crippen molar-refractivity contribution in [2.24, 2.45) is 7.05 Å². The molecule has 0 spiro atoms.